The van der Waals surface area contributed by atoms with E-state index in [9.17, 15) is 9.50 Å². The van der Waals surface area contributed by atoms with E-state index in [1.165, 1.54) is 11.6 Å². The van der Waals surface area contributed by atoms with Crippen LogP contribution in [0.2, 0.25) is 0 Å². The summed E-state index contributed by atoms with van der Waals surface area (Å²) in [5, 5.41) is 12.4. The first-order valence-electron chi connectivity index (χ1n) is 12.6. The molecule has 3 aromatic carbocycles. The molecule has 2 atom stereocenters. The summed E-state index contributed by atoms with van der Waals surface area (Å²) < 4.78 is 20.7. The van der Waals surface area contributed by atoms with E-state index in [4.69, 9.17) is 4.74 Å². The summed E-state index contributed by atoms with van der Waals surface area (Å²) >= 11 is 0. The minimum Gasteiger partial charge on any atom is -0.386 e. The first-order chi connectivity index (χ1) is 16.6. The molecule has 0 amide bonds. The lowest BCUT2D eigenvalue weighted by atomic mass is 9.75. The van der Waals surface area contributed by atoms with Gasteiger partial charge >= 0.3 is 0 Å². The van der Waals surface area contributed by atoms with E-state index in [0.717, 1.165) is 55.5 Å². The zero-order chi connectivity index (χ0) is 23.4. The number of aliphatic hydroxyl groups is 1. The van der Waals surface area contributed by atoms with E-state index in [1.807, 2.05) is 42.5 Å². The topological polar surface area (TPSA) is 32.7 Å². The standard InChI is InChI=1S/C30H34FNO2.ClH/c31-27-15-16-28(24-11-5-2-6-12-24)25(19-27)20-30(33,26-13-7-8-14-26)29-22-32(17-18-34-29)21-23-9-3-1-4-10-23;/h1-6,9-12,15-16,19,26,29,33H,7-8,13-14,17-18,20-22H2;1H. The average molecular weight is 496 g/mol. The molecular weight excluding hydrogens is 461 g/mol. The van der Waals surface area contributed by atoms with Crippen molar-refractivity contribution < 1.29 is 14.2 Å². The van der Waals surface area contributed by atoms with E-state index in [2.05, 4.69) is 29.2 Å². The van der Waals surface area contributed by atoms with Crippen LogP contribution >= 0.6 is 12.4 Å². The molecule has 0 spiro atoms. The SMILES string of the molecule is Cl.OC(Cc1cc(F)ccc1-c1ccccc1)(C1CCCC1)C1CN(Cc2ccccc2)CCO1. The molecule has 2 unspecified atom stereocenters. The number of ether oxygens (including phenoxy) is 1. The van der Waals surface area contributed by atoms with Gasteiger partial charge in [0.1, 0.15) is 5.82 Å². The summed E-state index contributed by atoms with van der Waals surface area (Å²) in [6.45, 7) is 2.97. The zero-order valence-corrected chi connectivity index (χ0v) is 20.9. The molecule has 1 N–H and O–H groups in total. The fraction of sp³-hybridized carbons (Fsp3) is 0.400. The summed E-state index contributed by atoms with van der Waals surface area (Å²) in [5.74, 6) is -0.111. The van der Waals surface area contributed by atoms with Crippen LogP contribution in [0.4, 0.5) is 4.39 Å². The maximum Gasteiger partial charge on any atom is 0.123 e. The third kappa shape index (κ3) is 5.95. The lowest BCUT2D eigenvalue weighted by Gasteiger charge is -2.45. The van der Waals surface area contributed by atoms with Gasteiger partial charge in [0.25, 0.3) is 0 Å². The van der Waals surface area contributed by atoms with Crippen molar-refractivity contribution >= 4 is 12.4 Å². The normalized spacial score (nSPS) is 20.8. The molecule has 1 aliphatic heterocycles. The van der Waals surface area contributed by atoms with Crippen LogP contribution in [0, 0.1) is 11.7 Å². The van der Waals surface area contributed by atoms with Gasteiger partial charge in [-0.1, -0.05) is 79.6 Å². The van der Waals surface area contributed by atoms with Crippen molar-refractivity contribution in [3.05, 3.63) is 95.8 Å². The second-order valence-corrected chi connectivity index (χ2v) is 9.90. The Kier molecular flexibility index (Phi) is 8.61. The minimum absolute atomic E-state index is 0. The van der Waals surface area contributed by atoms with Crippen LogP contribution in [0.3, 0.4) is 0 Å². The Morgan fingerprint density at radius 1 is 0.943 bits per heavy atom. The highest BCUT2D eigenvalue weighted by molar-refractivity contribution is 5.85. The summed E-state index contributed by atoms with van der Waals surface area (Å²) in [6, 6.07) is 25.5. The molecule has 1 heterocycles. The first-order valence-corrected chi connectivity index (χ1v) is 12.6. The number of rotatable bonds is 7. The van der Waals surface area contributed by atoms with Crippen LogP contribution in [0.15, 0.2) is 78.9 Å². The number of hydrogen-bond donors (Lipinski definition) is 1. The molecule has 5 rings (SSSR count). The van der Waals surface area contributed by atoms with Crippen molar-refractivity contribution in [3.63, 3.8) is 0 Å². The molecule has 0 aromatic heterocycles. The Morgan fingerprint density at radius 2 is 1.63 bits per heavy atom. The molecule has 0 radical (unpaired) electrons. The fourth-order valence-corrected chi connectivity index (χ4v) is 5.85. The van der Waals surface area contributed by atoms with Crippen LogP contribution in [0.5, 0.6) is 0 Å². The lowest BCUT2D eigenvalue weighted by Crippen LogP contribution is -2.58. The summed E-state index contributed by atoms with van der Waals surface area (Å²) in [7, 11) is 0. The van der Waals surface area contributed by atoms with E-state index in [-0.39, 0.29) is 30.2 Å². The van der Waals surface area contributed by atoms with Gasteiger partial charge in [-0.05, 0) is 53.1 Å². The van der Waals surface area contributed by atoms with Crippen molar-refractivity contribution in [2.75, 3.05) is 19.7 Å². The van der Waals surface area contributed by atoms with Crippen LogP contribution in [0.25, 0.3) is 11.1 Å². The Hall–Kier alpha value is -2.24. The second kappa shape index (κ2) is 11.7. The lowest BCUT2D eigenvalue weighted by molar-refractivity contribution is -0.168. The quantitative estimate of drug-likeness (QED) is 0.418. The van der Waals surface area contributed by atoms with Gasteiger partial charge in [0.05, 0.1) is 18.3 Å². The zero-order valence-electron chi connectivity index (χ0n) is 20.1. The summed E-state index contributed by atoms with van der Waals surface area (Å²) in [4.78, 5) is 2.38. The molecular formula is C30H35ClFNO2. The van der Waals surface area contributed by atoms with Gasteiger partial charge < -0.3 is 9.84 Å². The Bertz CT molecular complexity index is 1070. The maximum atomic E-state index is 14.4. The van der Waals surface area contributed by atoms with Crippen molar-refractivity contribution in [1.82, 2.24) is 4.90 Å². The molecule has 5 heteroatoms. The van der Waals surface area contributed by atoms with Gasteiger partial charge in [-0.3, -0.25) is 4.90 Å². The van der Waals surface area contributed by atoms with E-state index in [0.29, 0.717) is 19.6 Å². The van der Waals surface area contributed by atoms with Crippen LogP contribution in [-0.4, -0.2) is 41.4 Å². The molecule has 2 aliphatic rings. The van der Waals surface area contributed by atoms with Gasteiger partial charge in [0.2, 0.25) is 0 Å². The van der Waals surface area contributed by atoms with Crippen molar-refractivity contribution in [2.45, 2.75) is 50.4 Å². The van der Waals surface area contributed by atoms with Gasteiger partial charge in [-0.25, -0.2) is 4.39 Å². The molecule has 1 saturated heterocycles. The van der Waals surface area contributed by atoms with Gasteiger partial charge in [-0.15, -0.1) is 12.4 Å². The summed E-state index contributed by atoms with van der Waals surface area (Å²) in [6.07, 6.45) is 4.32. The predicted molar refractivity (Wildman–Crippen MR) is 141 cm³/mol. The smallest absolute Gasteiger partial charge is 0.123 e. The molecule has 2 fully saturated rings. The van der Waals surface area contributed by atoms with Crippen molar-refractivity contribution in [1.29, 1.82) is 0 Å². The van der Waals surface area contributed by atoms with E-state index >= 15 is 0 Å². The maximum absolute atomic E-state index is 14.4. The summed E-state index contributed by atoms with van der Waals surface area (Å²) in [5.41, 5.74) is 3.11. The highest BCUT2D eigenvalue weighted by Crippen LogP contribution is 2.41. The van der Waals surface area contributed by atoms with Crippen LogP contribution in [-0.2, 0) is 17.7 Å². The Morgan fingerprint density at radius 3 is 2.34 bits per heavy atom. The molecule has 1 saturated carbocycles. The molecule has 186 valence electrons. The van der Waals surface area contributed by atoms with Crippen LogP contribution < -0.4 is 0 Å². The van der Waals surface area contributed by atoms with E-state index in [1.54, 1.807) is 6.07 Å². The highest BCUT2D eigenvalue weighted by Gasteiger charge is 2.47. The number of benzene rings is 3. The third-order valence-corrected chi connectivity index (χ3v) is 7.64. The number of nitrogens with zero attached hydrogens (tertiary/aromatic N) is 1. The molecule has 3 aromatic rings. The van der Waals surface area contributed by atoms with E-state index < -0.39 is 5.60 Å². The van der Waals surface area contributed by atoms with Gasteiger partial charge in [0, 0.05) is 26.1 Å². The Balaban J connectivity index is 0.00000289. The van der Waals surface area contributed by atoms with Crippen LogP contribution in [0.1, 0.15) is 36.8 Å². The minimum atomic E-state index is -1.04. The predicted octanol–water partition coefficient (Wildman–Crippen LogP) is 6.28. The number of morpholine rings is 1. The molecule has 3 nitrogen and oxygen atoms in total. The number of hydrogen-bond acceptors (Lipinski definition) is 3. The Labute approximate surface area is 214 Å². The fourth-order valence-electron chi connectivity index (χ4n) is 5.85. The number of halogens is 2. The first kappa shape index (κ1) is 25.8. The largest absolute Gasteiger partial charge is 0.386 e. The van der Waals surface area contributed by atoms with Gasteiger partial charge in [0.15, 0.2) is 0 Å². The average Bonchev–Trinajstić information content (AvgIpc) is 3.41. The van der Waals surface area contributed by atoms with Crippen molar-refractivity contribution in [3.8, 4) is 11.1 Å². The second-order valence-electron chi connectivity index (χ2n) is 9.90. The molecule has 0 bridgehead atoms. The molecule has 1 aliphatic carbocycles. The molecule has 35 heavy (non-hydrogen) atoms. The highest BCUT2D eigenvalue weighted by atomic mass is 35.5. The van der Waals surface area contributed by atoms with Crippen molar-refractivity contribution in [2.24, 2.45) is 5.92 Å². The monoisotopic (exact) mass is 495 g/mol. The van der Waals surface area contributed by atoms with Gasteiger partial charge in [-0.2, -0.15) is 0 Å². The third-order valence-electron chi connectivity index (χ3n) is 7.64.